The highest BCUT2D eigenvalue weighted by Crippen LogP contribution is 2.18. The van der Waals surface area contributed by atoms with Crippen LogP contribution in [0.5, 0.6) is 0 Å². The van der Waals surface area contributed by atoms with Crippen molar-refractivity contribution >= 4 is 24.8 Å². The summed E-state index contributed by atoms with van der Waals surface area (Å²) < 4.78 is 0. The van der Waals surface area contributed by atoms with E-state index in [0.29, 0.717) is 0 Å². The van der Waals surface area contributed by atoms with Crippen LogP contribution in [0.1, 0.15) is 18.5 Å². The molecule has 1 aliphatic rings. The summed E-state index contributed by atoms with van der Waals surface area (Å²) in [6.45, 7) is 0.922. The fourth-order valence-corrected chi connectivity index (χ4v) is 1.04. The van der Waals surface area contributed by atoms with E-state index in [1.165, 1.54) is 12.8 Å². The van der Waals surface area contributed by atoms with Gasteiger partial charge in [0.2, 0.25) is 0 Å². The van der Waals surface area contributed by atoms with Gasteiger partial charge in [0.05, 0.1) is 5.69 Å². The van der Waals surface area contributed by atoms with Crippen LogP contribution in [0, 0.1) is 0 Å². The van der Waals surface area contributed by atoms with Crippen molar-refractivity contribution in [2.45, 2.75) is 25.4 Å². The number of aromatic nitrogens is 1. The van der Waals surface area contributed by atoms with Crippen molar-refractivity contribution in [3.63, 3.8) is 0 Å². The van der Waals surface area contributed by atoms with E-state index in [9.17, 15) is 0 Å². The SMILES string of the molecule is Cl.Cl.c1ccc(CNC2CC2)nc1. The molecule has 0 radical (unpaired) electrons. The predicted octanol–water partition coefficient (Wildman–Crippen LogP) is 2.18. The summed E-state index contributed by atoms with van der Waals surface area (Å²) in [7, 11) is 0. The van der Waals surface area contributed by atoms with Crippen LogP contribution in [-0.2, 0) is 6.54 Å². The first-order valence-corrected chi connectivity index (χ1v) is 4.08. The number of hydrogen-bond donors (Lipinski definition) is 1. The van der Waals surface area contributed by atoms with Gasteiger partial charge in [-0.2, -0.15) is 0 Å². The number of hydrogen-bond acceptors (Lipinski definition) is 2. The molecule has 13 heavy (non-hydrogen) atoms. The second kappa shape index (κ2) is 6.19. The molecular weight excluding hydrogens is 207 g/mol. The highest BCUT2D eigenvalue weighted by atomic mass is 35.5. The lowest BCUT2D eigenvalue weighted by atomic mass is 10.3. The van der Waals surface area contributed by atoms with E-state index in [1.807, 2.05) is 18.3 Å². The second-order valence-electron chi connectivity index (χ2n) is 2.98. The average Bonchev–Trinajstić information content (AvgIpc) is 2.86. The Labute approximate surface area is 91.0 Å². The Morgan fingerprint density at radius 3 is 2.62 bits per heavy atom. The van der Waals surface area contributed by atoms with Crippen molar-refractivity contribution in [2.75, 3.05) is 0 Å². The lowest BCUT2D eigenvalue weighted by Crippen LogP contribution is -2.15. The molecule has 2 nitrogen and oxygen atoms in total. The van der Waals surface area contributed by atoms with Gasteiger partial charge in [-0.3, -0.25) is 4.98 Å². The van der Waals surface area contributed by atoms with Gasteiger partial charge in [-0.1, -0.05) is 6.07 Å². The third kappa shape index (κ3) is 4.46. The molecule has 1 aromatic heterocycles. The van der Waals surface area contributed by atoms with E-state index in [4.69, 9.17) is 0 Å². The fourth-order valence-electron chi connectivity index (χ4n) is 1.04. The standard InChI is InChI=1S/C9H12N2.2ClH/c1-2-6-10-9(3-1)7-11-8-4-5-8;;/h1-3,6,8,11H,4-5,7H2;2*1H. The quantitative estimate of drug-likeness (QED) is 0.846. The largest absolute Gasteiger partial charge is 0.308 e. The fraction of sp³-hybridized carbons (Fsp3) is 0.444. The molecule has 0 bridgehead atoms. The van der Waals surface area contributed by atoms with Gasteiger partial charge in [0.15, 0.2) is 0 Å². The zero-order valence-electron chi connectivity index (χ0n) is 7.27. The van der Waals surface area contributed by atoms with Crippen LogP contribution in [0.3, 0.4) is 0 Å². The summed E-state index contributed by atoms with van der Waals surface area (Å²) in [5.74, 6) is 0. The van der Waals surface area contributed by atoms with Crippen molar-refractivity contribution in [1.29, 1.82) is 0 Å². The molecule has 1 fully saturated rings. The summed E-state index contributed by atoms with van der Waals surface area (Å²) in [5.41, 5.74) is 1.14. The summed E-state index contributed by atoms with van der Waals surface area (Å²) in [4.78, 5) is 4.22. The van der Waals surface area contributed by atoms with E-state index in [0.717, 1.165) is 18.3 Å². The highest BCUT2D eigenvalue weighted by molar-refractivity contribution is 5.85. The smallest absolute Gasteiger partial charge is 0.0541 e. The van der Waals surface area contributed by atoms with Gasteiger partial charge in [-0.05, 0) is 25.0 Å². The Balaban J connectivity index is 0.000000720. The summed E-state index contributed by atoms with van der Waals surface area (Å²) in [5, 5.41) is 3.41. The van der Waals surface area contributed by atoms with Crippen LogP contribution in [-0.4, -0.2) is 11.0 Å². The molecule has 74 valence electrons. The molecule has 1 aromatic rings. The van der Waals surface area contributed by atoms with Crippen molar-refractivity contribution in [1.82, 2.24) is 10.3 Å². The number of nitrogens with zero attached hydrogens (tertiary/aromatic N) is 1. The minimum absolute atomic E-state index is 0. The van der Waals surface area contributed by atoms with Crippen LogP contribution in [0.15, 0.2) is 24.4 Å². The first kappa shape index (κ1) is 12.7. The van der Waals surface area contributed by atoms with E-state index in [1.54, 1.807) is 0 Å². The summed E-state index contributed by atoms with van der Waals surface area (Å²) in [6.07, 6.45) is 4.52. The number of rotatable bonds is 3. The Morgan fingerprint density at radius 1 is 1.31 bits per heavy atom. The molecular formula is C9H14Cl2N2. The number of pyridine rings is 1. The van der Waals surface area contributed by atoms with Crippen molar-refractivity contribution < 1.29 is 0 Å². The van der Waals surface area contributed by atoms with Gasteiger partial charge in [-0.15, -0.1) is 24.8 Å². The highest BCUT2D eigenvalue weighted by Gasteiger charge is 2.19. The molecule has 1 aliphatic carbocycles. The number of halogens is 2. The zero-order chi connectivity index (χ0) is 7.52. The molecule has 2 rings (SSSR count). The van der Waals surface area contributed by atoms with Gasteiger partial charge in [-0.25, -0.2) is 0 Å². The lowest BCUT2D eigenvalue weighted by Gasteiger charge is -1.99. The Morgan fingerprint density at radius 2 is 2.08 bits per heavy atom. The van der Waals surface area contributed by atoms with E-state index < -0.39 is 0 Å². The van der Waals surface area contributed by atoms with Crippen LogP contribution in [0.4, 0.5) is 0 Å². The molecule has 4 heteroatoms. The topological polar surface area (TPSA) is 24.9 Å². The van der Waals surface area contributed by atoms with Crippen molar-refractivity contribution in [3.05, 3.63) is 30.1 Å². The molecule has 0 atom stereocenters. The lowest BCUT2D eigenvalue weighted by molar-refractivity contribution is 0.674. The van der Waals surface area contributed by atoms with Crippen molar-refractivity contribution in [3.8, 4) is 0 Å². The molecule has 1 N–H and O–H groups in total. The molecule has 1 saturated carbocycles. The molecule has 0 amide bonds. The maximum absolute atomic E-state index is 4.22. The molecule has 0 aromatic carbocycles. The maximum atomic E-state index is 4.22. The minimum atomic E-state index is 0. The summed E-state index contributed by atoms with van der Waals surface area (Å²) >= 11 is 0. The van der Waals surface area contributed by atoms with E-state index in [-0.39, 0.29) is 24.8 Å². The van der Waals surface area contributed by atoms with Crippen LogP contribution >= 0.6 is 24.8 Å². The average molecular weight is 221 g/mol. The predicted molar refractivity (Wildman–Crippen MR) is 58.6 cm³/mol. The van der Waals surface area contributed by atoms with E-state index in [2.05, 4.69) is 16.4 Å². The normalized spacial score (nSPS) is 14.2. The van der Waals surface area contributed by atoms with Gasteiger partial charge in [0, 0.05) is 18.8 Å². The first-order valence-electron chi connectivity index (χ1n) is 4.08. The van der Waals surface area contributed by atoms with Gasteiger partial charge < -0.3 is 5.32 Å². The number of nitrogens with one attached hydrogen (secondary N) is 1. The molecule has 0 aliphatic heterocycles. The molecule has 0 saturated heterocycles. The Hall–Kier alpha value is -0.310. The molecule has 0 unspecified atom stereocenters. The van der Waals surface area contributed by atoms with Crippen LogP contribution in [0.2, 0.25) is 0 Å². The third-order valence-electron chi connectivity index (χ3n) is 1.88. The van der Waals surface area contributed by atoms with Gasteiger partial charge in [0.25, 0.3) is 0 Å². The van der Waals surface area contributed by atoms with Crippen LogP contribution in [0.25, 0.3) is 0 Å². The Kier molecular flexibility index (Phi) is 6.04. The van der Waals surface area contributed by atoms with Gasteiger partial charge >= 0.3 is 0 Å². The maximum Gasteiger partial charge on any atom is 0.0541 e. The summed E-state index contributed by atoms with van der Waals surface area (Å²) in [6, 6.07) is 6.80. The minimum Gasteiger partial charge on any atom is -0.308 e. The second-order valence-corrected chi connectivity index (χ2v) is 2.98. The van der Waals surface area contributed by atoms with Crippen LogP contribution < -0.4 is 5.32 Å². The monoisotopic (exact) mass is 220 g/mol. The zero-order valence-corrected chi connectivity index (χ0v) is 8.90. The third-order valence-corrected chi connectivity index (χ3v) is 1.88. The first-order chi connectivity index (χ1) is 5.45. The van der Waals surface area contributed by atoms with Gasteiger partial charge in [0.1, 0.15) is 0 Å². The molecule has 1 heterocycles. The van der Waals surface area contributed by atoms with Crippen molar-refractivity contribution in [2.24, 2.45) is 0 Å². The molecule has 0 spiro atoms. The Bertz CT molecular complexity index is 224. The van der Waals surface area contributed by atoms with E-state index >= 15 is 0 Å².